The number of alkyl halides is 3. The Hall–Kier alpha value is -3.09. The van der Waals surface area contributed by atoms with Crippen LogP contribution in [-0.2, 0) is 15.8 Å². The first-order valence-corrected chi connectivity index (χ1v) is 8.12. The highest BCUT2D eigenvalue weighted by Crippen LogP contribution is 2.29. The molecule has 4 nitrogen and oxygen atoms in total. The third-order valence-corrected chi connectivity index (χ3v) is 3.88. The second-order valence-corrected chi connectivity index (χ2v) is 5.97. The van der Waals surface area contributed by atoms with Crippen LogP contribution >= 0.6 is 0 Å². The summed E-state index contributed by atoms with van der Waals surface area (Å²) >= 11 is 0. The van der Waals surface area contributed by atoms with Crippen molar-refractivity contribution in [2.24, 2.45) is 0 Å². The average molecular weight is 377 g/mol. The highest BCUT2D eigenvalue weighted by molar-refractivity contribution is 5.98. The van der Waals surface area contributed by atoms with Crippen molar-refractivity contribution in [1.29, 1.82) is 0 Å². The van der Waals surface area contributed by atoms with Crippen molar-refractivity contribution in [3.63, 3.8) is 0 Å². The number of carboxylic acids is 1. The third-order valence-electron chi connectivity index (χ3n) is 3.88. The molecule has 7 heteroatoms. The number of hydrogen-bond acceptors (Lipinski definition) is 2. The molecule has 0 aliphatic heterocycles. The molecular formula is C20H18F3NO3. The summed E-state index contributed by atoms with van der Waals surface area (Å²) in [6.45, 7) is 1.61. The first-order chi connectivity index (χ1) is 12.7. The predicted molar refractivity (Wildman–Crippen MR) is 94.7 cm³/mol. The van der Waals surface area contributed by atoms with Gasteiger partial charge < -0.3 is 10.4 Å². The number of nitrogens with one attached hydrogen (secondary N) is 1. The number of amides is 1. The minimum Gasteiger partial charge on any atom is -0.478 e. The summed E-state index contributed by atoms with van der Waals surface area (Å²) in [6.07, 6.45) is -3.37. The lowest BCUT2D eigenvalue weighted by Crippen LogP contribution is -2.27. The second kappa shape index (κ2) is 8.53. The standard InChI is InChI=1S/C20H18F3NO3/c1-13(15-7-9-17(10-8-15)20(21,22)23)24-18(25)12-16(19(26)27)11-14-5-3-2-4-6-14/h2-11,13H,12H2,1H3,(H,24,25)(H,26,27)/b16-11+/t13-/m0/s1. The topological polar surface area (TPSA) is 66.4 Å². The van der Waals surface area contributed by atoms with Gasteiger partial charge in [-0.15, -0.1) is 0 Å². The maximum absolute atomic E-state index is 12.6. The van der Waals surface area contributed by atoms with Gasteiger partial charge in [0.05, 0.1) is 18.0 Å². The summed E-state index contributed by atoms with van der Waals surface area (Å²) in [5.41, 5.74) is 0.279. The molecular weight excluding hydrogens is 359 g/mol. The zero-order valence-electron chi connectivity index (χ0n) is 14.5. The van der Waals surface area contributed by atoms with E-state index in [1.54, 1.807) is 37.3 Å². The molecule has 0 saturated heterocycles. The Morgan fingerprint density at radius 3 is 2.19 bits per heavy atom. The maximum Gasteiger partial charge on any atom is 0.416 e. The lowest BCUT2D eigenvalue weighted by atomic mass is 10.0. The van der Waals surface area contributed by atoms with Gasteiger partial charge in [-0.3, -0.25) is 4.79 Å². The van der Waals surface area contributed by atoms with Crippen LogP contribution in [0.2, 0.25) is 0 Å². The van der Waals surface area contributed by atoms with Gasteiger partial charge in [0.15, 0.2) is 0 Å². The minimum absolute atomic E-state index is 0.0849. The lowest BCUT2D eigenvalue weighted by Gasteiger charge is -2.15. The molecule has 0 spiro atoms. The molecule has 0 heterocycles. The van der Waals surface area contributed by atoms with E-state index in [9.17, 15) is 27.9 Å². The Morgan fingerprint density at radius 2 is 1.67 bits per heavy atom. The molecule has 2 aromatic carbocycles. The van der Waals surface area contributed by atoms with Crippen molar-refractivity contribution < 1.29 is 27.9 Å². The first-order valence-electron chi connectivity index (χ1n) is 8.12. The fraction of sp³-hybridized carbons (Fsp3) is 0.200. The quantitative estimate of drug-likeness (QED) is 0.732. The Labute approximate surface area is 154 Å². The van der Waals surface area contributed by atoms with Crippen LogP contribution in [0.4, 0.5) is 13.2 Å². The van der Waals surface area contributed by atoms with Gasteiger partial charge in [0.25, 0.3) is 0 Å². The number of carbonyl (C=O) groups excluding carboxylic acids is 1. The van der Waals surface area contributed by atoms with Gasteiger partial charge >= 0.3 is 12.1 Å². The average Bonchev–Trinajstić information content (AvgIpc) is 2.61. The van der Waals surface area contributed by atoms with Crippen LogP contribution in [0, 0.1) is 0 Å². The van der Waals surface area contributed by atoms with E-state index in [0.717, 1.165) is 12.1 Å². The fourth-order valence-electron chi connectivity index (χ4n) is 2.45. The summed E-state index contributed by atoms with van der Waals surface area (Å²) in [5.74, 6) is -1.75. The van der Waals surface area contributed by atoms with Crippen molar-refractivity contribution in [1.82, 2.24) is 5.32 Å². The van der Waals surface area contributed by atoms with Gasteiger partial charge in [-0.25, -0.2) is 4.79 Å². The molecule has 1 atom stereocenters. The Morgan fingerprint density at radius 1 is 1.07 bits per heavy atom. The van der Waals surface area contributed by atoms with Crippen molar-refractivity contribution in [2.75, 3.05) is 0 Å². The second-order valence-electron chi connectivity index (χ2n) is 5.97. The predicted octanol–water partition coefficient (Wildman–Crippen LogP) is 4.44. The number of carboxylic acid groups (broad SMARTS) is 1. The van der Waals surface area contributed by atoms with E-state index >= 15 is 0 Å². The summed E-state index contributed by atoms with van der Waals surface area (Å²) < 4.78 is 37.8. The van der Waals surface area contributed by atoms with Crippen LogP contribution in [-0.4, -0.2) is 17.0 Å². The normalized spacial score (nSPS) is 13.1. The largest absolute Gasteiger partial charge is 0.478 e. The summed E-state index contributed by atoms with van der Waals surface area (Å²) in [7, 11) is 0. The SMILES string of the molecule is C[C@H](NC(=O)C/C(=C\c1ccccc1)C(=O)O)c1ccc(C(F)(F)F)cc1. The van der Waals surface area contributed by atoms with Crippen LogP contribution in [0.3, 0.4) is 0 Å². The van der Waals surface area contributed by atoms with Gasteiger partial charge in [0.1, 0.15) is 0 Å². The molecule has 2 N–H and O–H groups in total. The monoisotopic (exact) mass is 377 g/mol. The number of halogens is 3. The first kappa shape index (κ1) is 20.2. The molecule has 0 fully saturated rings. The third kappa shape index (κ3) is 5.99. The van der Waals surface area contributed by atoms with E-state index in [1.165, 1.54) is 18.2 Å². The minimum atomic E-state index is -4.43. The van der Waals surface area contributed by atoms with Crippen LogP contribution in [0.15, 0.2) is 60.2 Å². The van der Waals surface area contributed by atoms with E-state index < -0.39 is 29.7 Å². The molecule has 0 saturated carbocycles. The summed E-state index contributed by atoms with van der Waals surface area (Å²) in [5, 5.41) is 11.9. The highest BCUT2D eigenvalue weighted by Gasteiger charge is 2.30. The van der Waals surface area contributed by atoms with E-state index in [0.29, 0.717) is 11.1 Å². The molecule has 0 unspecified atom stereocenters. The molecule has 2 aromatic rings. The van der Waals surface area contributed by atoms with E-state index in [1.807, 2.05) is 0 Å². The zero-order chi connectivity index (χ0) is 20.0. The van der Waals surface area contributed by atoms with Crippen molar-refractivity contribution >= 4 is 18.0 Å². The molecule has 142 valence electrons. The zero-order valence-corrected chi connectivity index (χ0v) is 14.5. The maximum atomic E-state index is 12.6. The molecule has 0 aliphatic rings. The molecule has 0 bridgehead atoms. The molecule has 0 aromatic heterocycles. The number of aliphatic carboxylic acids is 1. The van der Waals surface area contributed by atoms with Gasteiger partial charge in [0, 0.05) is 5.57 Å². The highest BCUT2D eigenvalue weighted by atomic mass is 19.4. The van der Waals surface area contributed by atoms with Crippen LogP contribution in [0.25, 0.3) is 6.08 Å². The Balaban J connectivity index is 2.05. The van der Waals surface area contributed by atoms with E-state index in [2.05, 4.69) is 5.32 Å². The van der Waals surface area contributed by atoms with E-state index in [4.69, 9.17) is 0 Å². The smallest absolute Gasteiger partial charge is 0.416 e. The van der Waals surface area contributed by atoms with Crippen LogP contribution < -0.4 is 5.32 Å². The Kier molecular flexibility index (Phi) is 6.39. The van der Waals surface area contributed by atoms with Crippen LogP contribution in [0.5, 0.6) is 0 Å². The van der Waals surface area contributed by atoms with Crippen molar-refractivity contribution in [3.05, 3.63) is 76.9 Å². The number of carbonyl (C=O) groups is 2. The number of hydrogen-bond donors (Lipinski definition) is 2. The van der Waals surface area contributed by atoms with Crippen molar-refractivity contribution in [3.8, 4) is 0 Å². The summed E-state index contributed by atoms with van der Waals surface area (Å²) in [6, 6.07) is 12.6. The van der Waals surface area contributed by atoms with Gasteiger partial charge in [-0.05, 0) is 36.3 Å². The Bertz CT molecular complexity index is 828. The lowest BCUT2D eigenvalue weighted by molar-refractivity contribution is -0.137. The number of rotatable bonds is 6. The number of benzene rings is 2. The van der Waals surface area contributed by atoms with Crippen molar-refractivity contribution in [2.45, 2.75) is 25.6 Å². The van der Waals surface area contributed by atoms with Gasteiger partial charge in [0.2, 0.25) is 5.91 Å². The molecule has 0 aliphatic carbocycles. The molecule has 0 radical (unpaired) electrons. The van der Waals surface area contributed by atoms with Crippen LogP contribution in [0.1, 0.15) is 36.1 Å². The van der Waals surface area contributed by atoms with Gasteiger partial charge in [-0.1, -0.05) is 42.5 Å². The molecule has 2 rings (SSSR count). The molecule has 27 heavy (non-hydrogen) atoms. The van der Waals surface area contributed by atoms with Gasteiger partial charge in [-0.2, -0.15) is 13.2 Å². The fourth-order valence-corrected chi connectivity index (χ4v) is 2.45. The summed E-state index contributed by atoms with van der Waals surface area (Å²) in [4.78, 5) is 23.5. The molecule has 1 amide bonds. The van der Waals surface area contributed by atoms with E-state index in [-0.39, 0.29) is 12.0 Å².